The molecule has 2 aromatic rings. The van der Waals surface area contributed by atoms with E-state index < -0.39 is 0 Å². The van der Waals surface area contributed by atoms with Gasteiger partial charge in [0.05, 0.1) is 6.54 Å². The number of aryl methyl sites for hydroxylation is 1. The van der Waals surface area contributed by atoms with Crippen LogP contribution in [0.2, 0.25) is 0 Å². The van der Waals surface area contributed by atoms with Crippen molar-refractivity contribution in [3.63, 3.8) is 0 Å². The van der Waals surface area contributed by atoms with Crippen LogP contribution in [0.4, 0.5) is 5.69 Å². The van der Waals surface area contributed by atoms with E-state index >= 15 is 0 Å². The van der Waals surface area contributed by atoms with E-state index in [1.54, 1.807) is 11.3 Å². The first-order valence-corrected chi connectivity index (χ1v) is 6.33. The second kappa shape index (κ2) is 5.50. The van der Waals surface area contributed by atoms with Gasteiger partial charge in [0, 0.05) is 5.69 Å². The number of hydrogen-bond donors (Lipinski definition) is 2. The van der Waals surface area contributed by atoms with E-state index in [-0.39, 0.29) is 0 Å². The van der Waals surface area contributed by atoms with Gasteiger partial charge in [-0.3, -0.25) is 0 Å². The SMILES string of the molecule is Cc1cccc(NC(N)=NCc2ccsc2)c1. The topological polar surface area (TPSA) is 50.4 Å². The maximum Gasteiger partial charge on any atom is 0.193 e. The Labute approximate surface area is 105 Å². The van der Waals surface area contributed by atoms with Crippen LogP contribution in [0.1, 0.15) is 11.1 Å². The summed E-state index contributed by atoms with van der Waals surface area (Å²) < 4.78 is 0. The molecular formula is C13H15N3S. The lowest BCUT2D eigenvalue weighted by Gasteiger charge is -2.05. The second-order valence-corrected chi connectivity index (χ2v) is 4.61. The predicted molar refractivity (Wildman–Crippen MR) is 74.4 cm³/mol. The summed E-state index contributed by atoms with van der Waals surface area (Å²) in [6.07, 6.45) is 0. The molecule has 88 valence electrons. The molecule has 0 amide bonds. The Bertz CT molecular complexity index is 503. The molecule has 0 atom stereocenters. The molecule has 4 heteroatoms. The molecule has 0 aliphatic carbocycles. The maximum absolute atomic E-state index is 5.81. The Morgan fingerprint density at radius 2 is 2.29 bits per heavy atom. The van der Waals surface area contributed by atoms with Crippen LogP contribution in [-0.2, 0) is 6.54 Å². The molecule has 3 N–H and O–H groups in total. The van der Waals surface area contributed by atoms with Crippen molar-refractivity contribution >= 4 is 23.0 Å². The summed E-state index contributed by atoms with van der Waals surface area (Å²) in [4.78, 5) is 4.28. The van der Waals surface area contributed by atoms with Crippen molar-refractivity contribution in [2.75, 3.05) is 5.32 Å². The van der Waals surface area contributed by atoms with Crippen molar-refractivity contribution in [3.05, 3.63) is 52.2 Å². The van der Waals surface area contributed by atoms with Gasteiger partial charge in [0.15, 0.2) is 5.96 Å². The van der Waals surface area contributed by atoms with Crippen molar-refractivity contribution in [1.82, 2.24) is 0 Å². The smallest absolute Gasteiger partial charge is 0.193 e. The molecule has 0 fully saturated rings. The van der Waals surface area contributed by atoms with Crippen molar-refractivity contribution in [2.45, 2.75) is 13.5 Å². The highest BCUT2D eigenvalue weighted by Crippen LogP contribution is 2.10. The lowest BCUT2D eigenvalue weighted by molar-refractivity contribution is 1.07. The molecule has 3 nitrogen and oxygen atoms in total. The molecule has 0 spiro atoms. The number of hydrogen-bond acceptors (Lipinski definition) is 2. The highest BCUT2D eigenvalue weighted by Gasteiger charge is 1.96. The molecule has 1 aromatic carbocycles. The standard InChI is InChI=1S/C13H15N3S/c1-10-3-2-4-12(7-10)16-13(14)15-8-11-5-6-17-9-11/h2-7,9H,8H2,1H3,(H3,14,15,16). The Kier molecular flexibility index (Phi) is 3.77. The number of nitrogens with two attached hydrogens (primary N) is 1. The normalized spacial score (nSPS) is 11.5. The summed E-state index contributed by atoms with van der Waals surface area (Å²) >= 11 is 1.67. The van der Waals surface area contributed by atoms with E-state index in [9.17, 15) is 0 Å². The van der Waals surface area contributed by atoms with Crippen LogP contribution in [0.5, 0.6) is 0 Å². The zero-order valence-electron chi connectivity index (χ0n) is 9.68. The van der Waals surface area contributed by atoms with Crippen LogP contribution in [0, 0.1) is 6.92 Å². The highest BCUT2D eigenvalue weighted by molar-refractivity contribution is 7.07. The van der Waals surface area contributed by atoms with Crippen molar-refractivity contribution in [2.24, 2.45) is 10.7 Å². The number of thiophene rings is 1. The number of benzene rings is 1. The molecule has 0 aliphatic rings. The second-order valence-electron chi connectivity index (χ2n) is 3.83. The first kappa shape index (κ1) is 11.7. The summed E-state index contributed by atoms with van der Waals surface area (Å²) in [5.74, 6) is 0.446. The fourth-order valence-electron chi connectivity index (χ4n) is 1.47. The molecule has 0 bridgehead atoms. The van der Waals surface area contributed by atoms with Gasteiger partial charge in [-0.15, -0.1) is 0 Å². The summed E-state index contributed by atoms with van der Waals surface area (Å²) in [7, 11) is 0. The molecule has 17 heavy (non-hydrogen) atoms. The summed E-state index contributed by atoms with van der Waals surface area (Å²) in [6, 6.07) is 10.1. The monoisotopic (exact) mass is 245 g/mol. The number of anilines is 1. The molecule has 0 unspecified atom stereocenters. The largest absolute Gasteiger partial charge is 0.370 e. The number of aliphatic imine (C=N–C) groups is 1. The van der Waals surface area contributed by atoms with Gasteiger partial charge in [-0.05, 0) is 47.0 Å². The first-order valence-electron chi connectivity index (χ1n) is 5.39. The minimum Gasteiger partial charge on any atom is -0.370 e. The van der Waals surface area contributed by atoms with Crippen molar-refractivity contribution in [3.8, 4) is 0 Å². The van der Waals surface area contributed by atoms with Gasteiger partial charge in [-0.25, -0.2) is 4.99 Å². The molecule has 0 radical (unpaired) electrons. The average molecular weight is 245 g/mol. The van der Waals surface area contributed by atoms with Gasteiger partial charge in [-0.2, -0.15) is 11.3 Å². The quantitative estimate of drug-likeness (QED) is 0.645. The van der Waals surface area contributed by atoms with Gasteiger partial charge in [0.25, 0.3) is 0 Å². The van der Waals surface area contributed by atoms with Crippen LogP contribution >= 0.6 is 11.3 Å². The highest BCUT2D eigenvalue weighted by atomic mass is 32.1. The Morgan fingerprint density at radius 3 is 3.00 bits per heavy atom. The molecule has 0 saturated heterocycles. The third-order valence-corrected chi connectivity index (χ3v) is 3.03. The lowest BCUT2D eigenvalue weighted by Crippen LogP contribution is -2.22. The van der Waals surface area contributed by atoms with E-state index in [0.717, 1.165) is 5.69 Å². The van der Waals surface area contributed by atoms with Crippen LogP contribution in [0.3, 0.4) is 0 Å². The van der Waals surface area contributed by atoms with E-state index in [2.05, 4.69) is 15.7 Å². The van der Waals surface area contributed by atoms with E-state index in [4.69, 9.17) is 5.73 Å². The Hall–Kier alpha value is -1.81. The van der Waals surface area contributed by atoms with Crippen LogP contribution in [0.25, 0.3) is 0 Å². The van der Waals surface area contributed by atoms with Crippen LogP contribution in [-0.4, -0.2) is 5.96 Å². The number of guanidine groups is 1. The van der Waals surface area contributed by atoms with Gasteiger partial charge in [0.1, 0.15) is 0 Å². The van der Waals surface area contributed by atoms with Crippen LogP contribution < -0.4 is 11.1 Å². The fourth-order valence-corrected chi connectivity index (χ4v) is 2.13. The number of rotatable bonds is 3. The zero-order valence-corrected chi connectivity index (χ0v) is 10.5. The van der Waals surface area contributed by atoms with Gasteiger partial charge in [0.2, 0.25) is 0 Å². The molecule has 1 heterocycles. The van der Waals surface area contributed by atoms with Crippen molar-refractivity contribution < 1.29 is 0 Å². The fraction of sp³-hybridized carbons (Fsp3) is 0.154. The minimum absolute atomic E-state index is 0.446. The third kappa shape index (κ3) is 3.60. The number of nitrogens with one attached hydrogen (secondary N) is 1. The Balaban J connectivity index is 1.96. The first-order chi connectivity index (χ1) is 8.24. The molecular weight excluding hydrogens is 230 g/mol. The number of nitrogens with zero attached hydrogens (tertiary/aromatic N) is 1. The summed E-state index contributed by atoms with van der Waals surface area (Å²) in [5, 5.41) is 7.19. The molecule has 0 saturated carbocycles. The molecule has 2 rings (SSSR count). The Morgan fingerprint density at radius 1 is 1.41 bits per heavy atom. The predicted octanol–water partition coefficient (Wildman–Crippen LogP) is 2.98. The minimum atomic E-state index is 0.446. The van der Waals surface area contributed by atoms with E-state index in [0.29, 0.717) is 12.5 Å². The lowest BCUT2D eigenvalue weighted by atomic mass is 10.2. The molecule has 1 aromatic heterocycles. The molecule has 0 aliphatic heterocycles. The summed E-state index contributed by atoms with van der Waals surface area (Å²) in [6.45, 7) is 2.66. The maximum atomic E-state index is 5.81. The van der Waals surface area contributed by atoms with E-state index in [1.807, 2.05) is 42.6 Å². The van der Waals surface area contributed by atoms with Gasteiger partial charge in [-0.1, -0.05) is 12.1 Å². The average Bonchev–Trinajstić information content (AvgIpc) is 2.79. The zero-order chi connectivity index (χ0) is 12.1. The van der Waals surface area contributed by atoms with Gasteiger partial charge >= 0.3 is 0 Å². The van der Waals surface area contributed by atoms with Crippen molar-refractivity contribution in [1.29, 1.82) is 0 Å². The van der Waals surface area contributed by atoms with Crippen LogP contribution in [0.15, 0.2) is 46.1 Å². The summed E-state index contributed by atoms with van der Waals surface area (Å²) in [5.41, 5.74) is 9.16. The van der Waals surface area contributed by atoms with Gasteiger partial charge < -0.3 is 11.1 Å². The third-order valence-electron chi connectivity index (χ3n) is 2.30. The van der Waals surface area contributed by atoms with E-state index in [1.165, 1.54) is 11.1 Å².